The highest BCUT2D eigenvalue weighted by molar-refractivity contribution is 8.76. The van der Waals surface area contributed by atoms with Gasteiger partial charge in [-0.05, 0) is 125 Å². The number of nitrogens with one attached hydrogen (secondary N) is 11. The molecule has 1 aliphatic rings. The van der Waals surface area contributed by atoms with E-state index in [9.17, 15) is 102 Å². The van der Waals surface area contributed by atoms with Crippen molar-refractivity contribution in [1.82, 2.24) is 73.5 Å². The number of hydrogen-bond donors (Lipinski definition) is 17. The number of nitrogens with zero attached hydrogens (tertiary/aromatic N) is 3. The van der Waals surface area contributed by atoms with Crippen LogP contribution in [0.2, 0.25) is 0 Å². The Bertz CT molecular complexity index is 3840. The Morgan fingerprint density at radius 3 is 1.86 bits per heavy atom. The van der Waals surface area contributed by atoms with E-state index in [0.717, 1.165) is 24.9 Å². The van der Waals surface area contributed by atoms with E-state index in [1.165, 1.54) is 57.2 Å². The summed E-state index contributed by atoms with van der Waals surface area (Å²) >= 11 is 1.26. The molecule has 12 amide bonds. The molecule has 2 heterocycles. The number of aliphatic carboxylic acids is 5. The number of aromatic nitrogens is 1. The van der Waals surface area contributed by atoms with Gasteiger partial charge in [0, 0.05) is 73.3 Å². The molecule has 38 nitrogen and oxygen atoms in total. The molecule has 3 aromatic rings. The van der Waals surface area contributed by atoms with E-state index >= 15 is 0 Å². The topological polar surface area (TPSA) is 565 Å². The second kappa shape index (κ2) is 53.0. The van der Waals surface area contributed by atoms with Crippen LogP contribution < -0.4 is 58.7 Å². The first-order valence-electron chi connectivity index (χ1n) is 39.1. The number of hydrogen-bond acceptors (Lipinski definition) is 24. The second-order valence-corrected chi connectivity index (χ2v) is 32.7. The van der Waals surface area contributed by atoms with Crippen LogP contribution in [-0.4, -0.2) is 241 Å². The zero-order valence-corrected chi connectivity index (χ0v) is 70.1. The Labute approximate surface area is 696 Å². The Hall–Kier alpha value is -10.6. The van der Waals surface area contributed by atoms with Crippen LogP contribution in [0.5, 0.6) is 5.75 Å². The molecule has 11 atom stereocenters. The Balaban J connectivity index is 1.21. The lowest BCUT2D eigenvalue weighted by atomic mass is 9.90. The number of carbonyl (C=O) groups excluding carboxylic acids is 11. The van der Waals surface area contributed by atoms with Gasteiger partial charge in [-0.3, -0.25) is 63.1 Å². The SMILES string of the molecule is CCCC(=O)OCN(C(=O)[C@@H](NC(=O)[C@H]1CCCCN1C)C(C)CC)[C@H](C[C@@H](C)c1nc(C(=O)N[C@@H](Cc2ccc(O)cc2)C[C@H](C)C(=O)NNC(=O)OCCSSCCNC(=O)[C@H](CC(=O)O)NC(=O)[C@H](CC(=O)O)NC(=O)Cc2ccc(CNC(=O)NCCCC[C@@H](NC(=O)N[C@H](CCCC(=O)O)C(=O)O)C(=O)O)cc2)cs1)C(C)C. The number of amides is 12. The first kappa shape index (κ1) is 99.8. The number of carbonyl (C=O) groups is 16. The standard InChI is InChI=1S/C77H114N14O24S3/c1-9-16-64(100)115-43-91(72(106)65(45(5)10-2)87-70(105)58-19-12-14-31-90(58)8)59(44(3)4)36-47(7)71-84-57(42-116-71)69(104)81-51(37-48-25-27-52(92)28-26-48)35-46(6)66(101)88-89-77(113)114-32-34-118-117-33-30-78-67(102)55(39-62(96)97)83-68(103)56(40-63(98)99)82-60(93)38-49-21-23-50(24-22-49)41-80-75(111)79-29-13-11-17-53(73(107)108)85-76(112)86-54(74(109)110)18-15-20-61(94)95/h21-28,42,44-47,51,53-56,58-59,65,92H,9-20,29-41,43H2,1-8H3,(H,78,102)(H,81,104)(H,82,93)(H,83,103)(H,87,105)(H,88,101)(H,89,113)(H,94,95)(H,96,97)(H,98,99)(H,107,108)(H,109,110)(H2,79,80,111)(H2,85,86,112)/t45?,46-,47+,51+,53+,54+,55-,56-,58+,59+,65-/m0/s1. The predicted octanol–water partition coefficient (Wildman–Crippen LogP) is 4.73. The number of phenols is 1. The molecule has 41 heteroatoms. The highest BCUT2D eigenvalue weighted by atomic mass is 33.1. The van der Waals surface area contributed by atoms with Gasteiger partial charge >= 0.3 is 54.0 Å². The second-order valence-electron chi connectivity index (χ2n) is 29.1. The van der Waals surface area contributed by atoms with Crippen molar-refractivity contribution in [3.63, 3.8) is 0 Å². The number of rotatable bonds is 53. The number of piperidine rings is 1. The third-order valence-corrected chi connectivity index (χ3v) is 22.6. The van der Waals surface area contributed by atoms with Crippen molar-refractivity contribution >= 4 is 128 Å². The van der Waals surface area contributed by atoms with Crippen LogP contribution in [-0.2, 0) is 86.4 Å². The molecule has 1 aliphatic heterocycles. The zero-order chi connectivity index (χ0) is 87.6. The van der Waals surface area contributed by atoms with E-state index in [1.807, 2.05) is 53.5 Å². The number of esters is 1. The summed E-state index contributed by atoms with van der Waals surface area (Å²) in [6.07, 6.45) is 1.13. The number of likely N-dealkylation sites (tertiary alicyclic amines) is 1. The predicted molar refractivity (Wildman–Crippen MR) is 434 cm³/mol. The molecule has 4 rings (SSSR count). The van der Waals surface area contributed by atoms with Gasteiger partial charge in [-0.25, -0.2) is 34.4 Å². The van der Waals surface area contributed by atoms with E-state index in [0.29, 0.717) is 41.8 Å². The number of urea groups is 2. The fraction of sp³-hybridized carbons (Fsp3) is 0.597. The van der Waals surface area contributed by atoms with Crippen LogP contribution in [0.3, 0.4) is 0 Å². The average molecular weight is 1720 g/mol. The lowest BCUT2D eigenvalue weighted by molar-refractivity contribution is -0.159. The maximum Gasteiger partial charge on any atom is 0.426 e. The quantitative estimate of drug-likeness (QED) is 0.0119. The number of ether oxygens (including phenoxy) is 2. The molecular weight excluding hydrogens is 1600 g/mol. The summed E-state index contributed by atoms with van der Waals surface area (Å²) in [5.41, 5.74) is 6.36. The average Bonchev–Trinajstić information content (AvgIpc) is 1.43. The van der Waals surface area contributed by atoms with Crippen molar-refractivity contribution in [3.05, 3.63) is 81.3 Å². The minimum Gasteiger partial charge on any atom is -0.508 e. The van der Waals surface area contributed by atoms with Crippen LogP contribution >= 0.6 is 32.9 Å². The molecule has 0 spiro atoms. The van der Waals surface area contributed by atoms with Crippen LogP contribution in [0, 0.1) is 17.8 Å². The zero-order valence-electron chi connectivity index (χ0n) is 67.6. The number of phenolic OH excluding ortho intramolecular Hbond substituents is 1. The summed E-state index contributed by atoms with van der Waals surface area (Å²) in [6.45, 7) is 13.5. The summed E-state index contributed by atoms with van der Waals surface area (Å²) in [5, 5.41) is 81.7. The fourth-order valence-electron chi connectivity index (χ4n) is 12.4. The molecule has 118 heavy (non-hydrogen) atoms. The van der Waals surface area contributed by atoms with Crippen molar-refractivity contribution in [1.29, 1.82) is 0 Å². The monoisotopic (exact) mass is 1710 g/mol. The molecule has 0 aliphatic carbocycles. The molecule has 1 saturated heterocycles. The van der Waals surface area contributed by atoms with Crippen LogP contribution in [0.15, 0.2) is 53.9 Å². The van der Waals surface area contributed by atoms with E-state index in [1.54, 1.807) is 41.5 Å². The van der Waals surface area contributed by atoms with Crippen molar-refractivity contribution in [2.75, 3.05) is 51.5 Å². The Kier molecular flexibility index (Phi) is 44.8. The summed E-state index contributed by atoms with van der Waals surface area (Å²) in [6, 6.07) is 2.15. The first-order valence-corrected chi connectivity index (χ1v) is 42.5. The van der Waals surface area contributed by atoms with Gasteiger partial charge in [-0.15, -0.1) is 11.3 Å². The third-order valence-electron chi connectivity index (χ3n) is 19.2. The number of benzene rings is 2. The normalized spacial score (nSPS) is 15.1. The number of unbranched alkanes of at least 4 members (excludes halogenated alkanes) is 1. The lowest BCUT2D eigenvalue weighted by Gasteiger charge is -2.39. The van der Waals surface area contributed by atoms with E-state index in [2.05, 4.69) is 58.7 Å². The summed E-state index contributed by atoms with van der Waals surface area (Å²) in [7, 11) is 4.36. The van der Waals surface area contributed by atoms with Gasteiger partial charge in [0.15, 0.2) is 6.73 Å². The molecule has 1 aromatic heterocycles. The summed E-state index contributed by atoms with van der Waals surface area (Å²) in [4.78, 5) is 212. The first-order chi connectivity index (χ1) is 56.0. The van der Waals surface area contributed by atoms with Gasteiger partial charge in [0.25, 0.3) is 5.91 Å². The number of aromatic hydroxyl groups is 1. The van der Waals surface area contributed by atoms with Crippen LogP contribution in [0.4, 0.5) is 14.4 Å². The van der Waals surface area contributed by atoms with Gasteiger partial charge in [-0.1, -0.05) is 119 Å². The smallest absolute Gasteiger partial charge is 0.426 e. The van der Waals surface area contributed by atoms with Gasteiger partial charge in [0.05, 0.1) is 30.3 Å². The van der Waals surface area contributed by atoms with Crippen molar-refractivity contribution in [2.24, 2.45) is 17.8 Å². The summed E-state index contributed by atoms with van der Waals surface area (Å²) < 4.78 is 10.9. The lowest BCUT2D eigenvalue weighted by Crippen LogP contribution is -2.59. The molecule has 17 N–H and O–H groups in total. The highest BCUT2D eigenvalue weighted by Gasteiger charge is 2.39. The minimum atomic E-state index is -1.75. The van der Waals surface area contributed by atoms with Crippen LogP contribution in [0.1, 0.15) is 189 Å². The number of thiazole rings is 1. The molecule has 2 aromatic carbocycles. The van der Waals surface area contributed by atoms with E-state index in [-0.39, 0.29) is 156 Å². The molecule has 0 saturated carbocycles. The molecule has 654 valence electrons. The molecular formula is C77H114N14O24S3. The fourth-order valence-corrected chi connectivity index (χ4v) is 15.0. The van der Waals surface area contributed by atoms with E-state index in [4.69, 9.17) is 19.6 Å². The molecule has 1 fully saturated rings. The third kappa shape index (κ3) is 37.8. The Morgan fingerprint density at radius 1 is 0.627 bits per heavy atom. The number of likely N-dealkylation sites (N-methyl/N-ethyl adjacent to an activating group) is 1. The molecule has 1 unspecified atom stereocenters. The highest BCUT2D eigenvalue weighted by Crippen LogP contribution is 2.31. The van der Waals surface area contributed by atoms with Gasteiger partial charge in [0.2, 0.25) is 35.4 Å². The van der Waals surface area contributed by atoms with Crippen molar-refractivity contribution in [2.45, 2.75) is 225 Å². The number of hydrazine groups is 1. The van der Waals surface area contributed by atoms with Crippen molar-refractivity contribution < 1.29 is 117 Å². The largest absolute Gasteiger partial charge is 0.508 e. The van der Waals surface area contributed by atoms with Gasteiger partial charge in [-0.2, -0.15) is 0 Å². The van der Waals surface area contributed by atoms with Crippen LogP contribution in [0.25, 0.3) is 0 Å². The minimum absolute atomic E-state index is 0.0200. The number of carboxylic acid groups (broad SMARTS) is 5. The summed E-state index contributed by atoms with van der Waals surface area (Å²) in [5.74, 6) is -13.1. The van der Waals surface area contributed by atoms with Gasteiger partial charge < -0.3 is 92.9 Å². The van der Waals surface area contributed by atoms with Gasteiger partial charge in [0.1, 0.15) is 48.3 Å². The Morgan fingerprint density at radius 2 is 1.25 bits per heavy atom. The maximum atomic E-state index is 14.9. The maximum absolute atomic E-state index is 14.9. The van der Waals surface area contributed by atoms with E-state index < -0.39 is 145 Å². The van der Waals surface area contributed by atoms with Crippen molar-refractivity contribution in [3.8, 4) is 5.75 Å². The molecule has 0 bridgehead atoms. The number of carboxylic acids is 5. The molecule has 0 radical (unpaired) electrons.